The summed E-state index contributed by atoms with van der Waals surface area (Å²) in [7, 11) is 0. The van der Waals surface area contributed by atoms with E-state index in [9.17, 15) is 14.4 Å². The molecule has 0 aliphatic carbocycles. The van der Waals surface area contributed by atoms with Crippen LogP contribution in [0.4, 0.5) is 0 Å². The fourth-order valence-corrected chi connectivity index (χ4v) is 1.51. The van der Waals surface area contributed by atoms with Crippen LogP contribution in [0.15, 0.2) is 0 Å². The third-order valence-electron chi connectivity index (χ3n) is 2.34. The Bertz CT molecular complexity index is 287. The molecule has 1 rings (SSSR count). The van der Waals surface area contributed by atoms with Gasteiger partial charge in [0.05, 0.1) is 6.61 Å². The molecule has 0 aromatic heterocycles. The van der Waals surface area contributed by atoms with Crippen molar-refractivity contribution < 1.29 is 19.1 Å². The summed E-state index contributed by atoms with van der Waals surface area (Å²) in [6.07, 6.45) is 1.09. The summed E-state index contributed by atoms with van der Waals surface area (Å²) in [4.78, 5) is 35.0. The third kappa shape index (κ3) is 2.78. The first kappa shape index (κ1) is 11.7. The first-order valence-corrected chi connectivity index (χ1v) is 5.07. The first-order valence-electron chi connectivity index (χ1n) is 5.07. The quantitative estimate of drug-likeness (QED) is 0.465. The number of rotatable bonds is 1. The Hall–Kier alpha value is -1.39. The molecule has 84 valence electrons. The van der Waals surface area contributed by atoms with Gasteiger partial charge < -0.3 is 4.74 Å². The first-order chi connectivity index (χ1) is 7.06. The number of amides is 2. The molecular formula is C10H15NO4. The molecule has 0 radical (unpaired) electrons. The number of piperidine rings is 1. The van der Waals surface area contributed by atoms with E-state index in [1.165, 1.54) is 0 Å². The summed E-state index contributed by atoms with van der Waals surface area (Å²) < 4.78 is 4.56. The van der Waals surface area contributed by atoms with Gasteiger partial charge in [-0.3, -0.25) is 14.5 Å². The van der Waals surface area contributed by atoms with Crippen LogP contribution in [0.25, 0.3) is 0 Å². The molecule has 1 atom stereocenters. The summed E-state index contributed by atoms with van der Waals surface area (Å²) in [5.74, 6) is -1.82. The van der Waals surface area contributed by atoms with Gasteiger partial charge in [-0.05, 0) is 19.3 Å². The zero-order valence-electron chi connectivity index (χ0n) is 8.99. The van der Waals surface area contributed by atoms with Gasteiger partial charge in [-0.1, -0.05) is 6.92 Å². The molecule has 0 N–H and O–H groups in total. The topological polar surface area (TPSA) is 63.7 Å². The molecule has 1 heterocycles. The van der Waals surface area contributed by atoms with Gasteiger partial charge in [-0.15, -0.1) is 0 Å². The molecule has 5 nitrogen and oxygen atoms in total. The molecule has 5 heteroatoms. The van der Waals surface area contributed by atoms with Crippen molar-refractivity contribution in [2.45, 2.75) is 26.7 Å². The van der Waals surface area contributed by atoms with Crippen molar-refractivity contribution >= 4 is 17.8 Å². The molecule has 0 aromatic rings. The summed E-state index contributed by atoms with van der Waals surface area (Å²) >= 11 is 0. The van der Waals surface area contributed by atoms with E-state index in [4.69, 9.17) is 0 Å². The predicted octanol–water partition coefficient (Wildman–Crippen LogP) is 0.335. The third-order valence-corrected chi connectivity index (χ3v) is 2.34. The largest absolute Gasteiger partial charge is 0.459 e. The maximum absolute atomic E-state index is 11.5. The number of carbonyl (C=O) groups excluding carboxylic acids is 3. The van der Waals surface area contributed by atoms with Crippen LogP contribution in [-0.4, -0.2) is 35.8 Å². The van der Waals surface area contributed by atoms with E-state index < -0.39 is 11.9 Å². The number of ether oxygens (including phenoxy) is 1. The summed E-state index contributed by atoms with van der Waals surface area (Å²) in [6.45, 7) is 4.02. The normalized spacial score (nSPS) is 21.3. The molecule has 1 unspecified atom stereocenters. The van der Waals surface area contributed by atoms with Crippen LogP contribution >= 0.6 is 0 Å². The van der Waals surface area contributed by atoms with Crippen LogP contribution in [0, 0.1) is 5.92 Å². The monoisotopic (exact) mass is 213 g/mol. The maximum atomic E-state index is 11.5. The van der Waals surface area contributed by atoms with Crippen molar-refractivity contribution in [3.05, 3.63) is 0 Å². The van der Waals surface area contributed by atoms with Gasteiger partial charge in [-0.2, -0.15) is 0 Å². The molecule has 0 saturated carbocycles. The van der Waals surface area contributed by atoms with E-state index in [2.05, 4.69) is 4.74 Å². The number of likely N-dealkylation sites (tertiary alicyclic amines) is 1. The van der Waals surface area contributed by atoms with Crippen LogP contribution in [0.2, 0.25) is 0 Å². The highest BCUT2D eigenvalue weighted by atomic mass is 16.5. The Morgan fingerprint density at radius 3 is 2.80 bits per heavy atom. The Kier molecular flexibility index (Phi) is 3.82. The predicted molar refractivity (Wildman–Crippen MR) is 51.8 cm³/mol. The summed E-state index contributed by atoms with van der Waals surface area (Å²) in [5, 5.41) is 0. The minimum Gasteiger partial charge on any atom is -0.459 e. The Morgan fingerprint density at radius 2 is 2.20 bits per heavy atom. The van der Waals surface area contributed by atoms with Crippen LogP contribution in [0.1, 0.15) is 26.7 Å². The van der Waals surface area contributed by atoms with Crippen molar-refractivity contribution in [1.82, 2.24) is 4.90 Å². The van der Waals surface area contributed by atoms with Crippen molar-refractivity contribution in [3.63, 3.8) is 0 Å². The number of esters is 1. The highest BCUT2D eigenvalue weighted by Gasteiger charge is 2.32. The van der Waals surface area contributed by atoms with Gasteiger partial charge in [0.15, 0.2) is 0 Å². The second-order valence-corrected chi connectivity index (χ2v) is 3.67. The van der Waals surface area contributed by atoms with Gasteiger partial charge in [0.2, 0.25) is 5.91 Å². The lowest BCUT2D eigenvalue weighted by atomic mass is 10.00. The van der Waals surface area contributed by atoms with E-state index in [0.717, 1.165) is 11.3 Å². The minimum absolute atomic E-state index is 0.141. The van der Waals surface area contributed by atoms with E-state index in [0.29, 0.717) is 13.0 Å². The molecule has 1 fully saturated rings. The molecule has 0 aromatic carbocycles. The number of nitrogens with zero attached hydrogens (tertiary/aromatic N) is 1. The lowest BCUT2D eigenvalue weighted by molar-refractivity contribution is -0.164. The number of carbonyl (C=O) groups is 3. The van der Waals surface area contributed by atoms with Gasteiger partial charge in [0.25, 0.3) is 0 Å². The van der Waals surface area contributed by atoms with Gasteiger partial charge in [-0.25, -0.2) is 4.79 Å². The average Bonchev–Trinajstić information content (AvgIpc) is 2.21. The van der Waals surface area contributed by atoms with Crippen LogP contribution < -0.4 is 0 Å². The van der Waals surface area contributed by atoms with Crippen molar-refractivity contribution in [3.8, 4) is 0 Å². The number of imide groups is 1. The smallest absolute Gasteiger partial charge is 0.397 e. The number of hydrogen-bond donors (Lipinski definition) is 0. The molecule has 0 bridgehead atoms. The molecule has 1 aliphatic heterocycles. The van der Waals surface area contributed by atoms with Crippen molar-refractivity contribution in [1.29, 1.82) is 0 Å². The Labute approximate surface area is 88.4 Å². The SMILES string of the molecule is CCOC(=O)C(=O)N1CC(C)CCC1=O. The van der Waals surface area contributed by atoms with E-state index >= 15 is 0 Å². The molecule has 15 heavy (non-hydrogen) atoms. The summed E-state index contributed by atoms with van der Waals surface area (Å²) in [5.41, 5.74) is 0. The standard InChI is InChI=1S/C10H15NO4/c1-3-15-10(14)9(13)11-6-7(2)4-5-8(11)12/h7H,3-6H2,1-2H3. The molecular weight excluding hydrogens is 198 g/mol. The minimum atomic E-state index is -0.944. The van der Waals surface area contributed by atoms with Gasteiger partial charge in [0, 0.05) is 13.0 Å². The van der Waals surface area contributed by atoms with E-state index in [1.54, 1.807) is 6.92 Å². The summed E-state index contributed by atoms with van der Waals surface area (Å²) in [6, 6.07) is 0. The van der Waals surface area contributed by atoms with E-state index in [-0.39, 0.29) is 18.4 Å². The lowest BCUT2D eigenvalue weighted by Gasteiger charge is -2.28. The van der Waals surface area contributed by atoms with Crippen molar-refractivity contribution in [2.75, 3.05) is 13.2 Å². The molecule has 2 amide bonds. The highest BCUT2D eigenvalue weighted by Crippen LogP contribution is 2.16. The van der Waals surface area contributed by atoms with Crippen LogP contribution in [0.3, 0.4) is 0 Å². The van der Waals surface area contributed by atoms with E-state index in [1.807, 2.05) is 6.92 Å². The second kappa shape index (κ2) is 4.91. The maximum Gasteiger partial charge on any atom is 0.397 e. The zero-order valence-corrected chi connectivity index (χ0v) is 8.99. The van der Waals surface area contributed by atoms with Crippen LogP contribution in [0.5, 0.6) is 0 Å². The number of hydrogen-bond acceptors (Lipinski definition) is 4. The lowest BCUT2D eigenvalue weighted by Crippen LogP contribution is -2.46. The van der Waals surface area contributed by atoms with Gasteiger partial charge in [0.1, 0.15) is 0 Å². The fraction of sp³-hybridized carbons (Fsp3) is 0.700. The molecule has 1 saturated heterocycles. The Balaban J connectivity index is 2.64. The molecule has 0 spiro atoms. The van der Waals surface area contributed by atoms with Crippen molar-refractivity contribution in [2.24, 2.45) is 5.92 Å². The fourth-order valence-electron chi connectivity index (χ4n) is 1.51. The highest BCUT2D eigenvalue weighted by molar-refractivity contribution is 6.35. The molecule has 1 aliphatic rings. The Morgan fingerprint density at radius 1 is 1.53 bits per heavy atom. The zero-order chi connectivity index (χ0) is 11.4. The van der Waals surface area contributed by atoms with Crippen LogP contribution in [-0.2, 0) is 19.1 Å². The second-order valence-electron chi connectivity index (χ2n) is 3.67. The average molecular weight is 213 g/mol. The van der Waals surface area contributed by atoms with Gasteiger partial charge >= 0.3 is 11.9 Å².